The van der Waals surface area contributed by atoms with Crippen LogP contribution >= 0.6 is 0 Å². The molecule has 0 saturated carbocycles. The third-order valence-electron chi connectivity index (χ3n) is 4.70. The summed E-state index contributed by atoms with van der Waals surface area (Å²) in [7, 11) is -3.35. The Bertz CT molecular complexity index is 1160. The Labute approximate surface area is 171 Å². The highest BCUT2D eigenvalue weighted by Crippen LogP contribution is 2.29. The van der Waals surface area contributed by atoms with Gasteiger partial charge in [0.2, 0.25) is 10.0 Å². The maximum Gasteiger partial charge on any atom is 0.336 e. The number of sulfonamides is 1. The molecule has 0 bridgehead atoms. The van der Waals surface area contributed by atoms with E-state index in [1.165, 1.54) is 6.07 Å². The van der Waals surface area contributed by atoms with Crippen LogP contribution in [0, 0.1) is 0 Å². The lowest BCUT2D eigenvalue weighted by Gasteiger charge is -2.14. The number of fused-ring (bicyclic) bond motifs is 1. The lowest BCUT2D eigenvalue weighted by molar-refractivity contribution is 0.554. The topological polar surface area (TPSA) is 88.4 Å². The Morgan fingerprint density at radius 2 is 1.62 bits per heavy atom. The van der Waals surface area contributed by atoms with Crippen LogP contribution in [0.25, 0.3) is 11.0 Å². The quantitative estimate of drug-likeness (QED) is 0.548. The van der Waals surface area contributed by atoms with E-state index < -0.39 is 15.3 Å². The van der Waals surface area contributed by atoms with E-state index in [9.17, 15) is 13.2 Å². The van der Waals surface area contributed by atoms with E-state index in [4.69, 9.17) is 4.42 Å². The Morgan fingerprint density at radius 1 is 0.931 bits per heavy atom. The number of hydrogen-bond donors (Lipinski definition) is 2. The third-order valence-corrected chi connectivity index (χ3v) is 6.46. The van der Waals surface area contributed by atoms with Gasteiger partial charge in [-0.3, -0.25) is 4.72 Å². The average Bonchev–Trinajstić information content (AvgIpc) is 2.66. The zero-order valence-corrected chi connectivity index (χ0v) is 17.8. The zero-order valence-electron chi connectivity index (χ0n) is 17.0. The molecule has 3 rings (SSSR count). The van der Waals surface area contributed by atoms with Gasteiger partial charge in [-0.25, -0.2) is 13.2 Å². The lowest BCUT2D eigenvalue weighted by Crippen LogP contribution is -2.22. The SMILES string of the molecule is CC(C)c1cc(NCc2ccc(NS(=O)(=O)C(C)C)cc2)cc2ccc(=O)oc12. The monoisotopic (exact) mass is 414 g/mol. The minimum atomic E-state index is -3.35. The van der Waals surface area contributed by atoms with Gasteiger partial charge in [0.25, 0.3) is 0 Å². The normalized spacial score (nSPS) is 11.9. The molecule has 2 aromatic carbocycles. The fraction of sp³-hybridized carbons (Fsp3) is 0.318. The molecular weight excluding hydrogens is 388 g/mol. The predicted molar refractivity (Wildman–Crippen MR) is 118 cm³/mol. The first kappa shape index (κ1) is 20.9. The number of hydrogen-bond acceptors (Lipinski definition) is 5. The van der Waals surface area contributed by atoms with Gasteiger partial charge in [-0.2, -0.15) is 0 Å². The molecule has 3 aromatic rings. The Kier molecular flexibility index (Phi) is 5.98. The number of rotatable bonds is 7. The van der Waals surface area contributed by atoms with E-state index in [0.29, 0.717) is 17.8 Å². The van der Waals surface area contributed by atoms with Crippen molar-refractivity contribution in [3.63, 3.8) is 0 Å². The second-order valence-corrected chi connectivity index (χ2v) is 9.88. The van der Waals surface area contributed by atoms with E-state index in [-0.39, 0.29) is 11.5 Å². The van der Waals surface area contributed by atoms with Gasteiger partial charge in [0.1, 0.15) is 5.58 Å². The van der Waals surface area contributed by atoms with Crippen LogP contribution in [-0.4, -0.2) is 13.7 Å². The summed E-state index contributed by atoms with van der Waals surface area (Å²) < 4.78 is 31.9. The Balaban J connectivity index is 1.77. The van der Waals surface area contributed by atoms with Crippen molar-refractivity contribution in [3.05, 3.63) is 70.1 Å². The minimum Gasteiger partial charge on any atom is -0.422 e. The van der Waals surface area contributed by atoms with Crippen LogP contribution in [0.5, 0.6) is 0 Å². The predicted octanol–water partition coefficient (Wildman–Crippen LogP) is 4.68. The molecule has 0 fully saturated rings. The fourth-order valence-electron chi connectivity index (χ4n) is 2.92. The zero-order chi connectivity index (χ0) is 21.2. The number of benzene rings is 2. The number of anilines is 2. The highest BCUT2D eigenvalue weighted by Gasteiger charge is 2.15. The summed E-state index contributed by atoms with van der Waals surface area (Å²) in [6.45, 7) is 7.98. The van der Waals surface area contributed by atoms with Crippen molar-refractivity contribution in [2.24, 2.45) is 0 Å². The second kappa shape index (κ2) is 8.29. The Morgan fingerprint density at radius 3 is 2.24 bits per heavy atom. The first-order valence-electron chi connectivity index (χ1n) is 9.58. The van der Waals surface area contributed by atoms with E-state index >= 15 is 0 Å². The molecule has 0 saturated heterocycles. The van der Waals surface area contributed by atoms with E-state index in [0.717, 1.165) is 22.2 Å². The van der Waals surface area contributed by atoms with E-state index in [1.54, 1.807) is 32.0 Å². The molecule has 0 aliphatic rings. The maximum absolute atomic E-state index is 12.0. The van der Waals surface area contributed by atoms with E-state index in [2.05, 4.69) is 23.9 Å². The van der Waals surface area contributed by atoms with Crippen LogP contribution < -0.4 is 15.7 Å². The van der Waals surface area contributed by atoms with Crippen molar-refractivity contribution >= 4 is 32.4 Å². The van der Waals surface area contributed by atoms with Crippen molar-refractivity contribution in [2.75, 3.05) is 10.0 Å². The summed E-state index contributed by atoms with van der Waals surface area (Å²) in [5.41, 5.74) is 3.74. The van der Waals surface area contributed by atoms with Gasteiger partial charge in [-0.1, -0.05) is 26.0 Å². The van der Waals surface area contributed by atoms with Gasteiger partial charge in [0.05, 0.1) is 5.25 Å². The fourth-order valence-corrected chi connectivity index (χ4v) is 3.62. The molecule has 0 amide bonds. The first-order valence-corrected chi connectivity index (χ1v) is 11.1. The summed E-state index contributed by atoms with van der Waals surface area (Å²) in [5, 5.41) is 3.77. The molecule has 6 nitrogen and oxygen atoms in total. The molecule has 154 valence electrons. The van der Waals surface area contributed by atoms with Crippen molar-refractivity contribution in [3.8, 4) is 0 Å². The van der Waals surface area contributed by atoms with Crippen LogP contribution in [0.2, 0.25) is 0 Å². The molecule has 0 atom stereocenters. The van der Waals surface area contributed by atoms with Gasteiger partial charge in [0, 0.05) is 34.9 Å². The molecule has 0 aliphatic heterocycles. The van der Waals surface area contributed by atoms with Crippen molar-refractivity contribution in [1.29, 1.82) is 0 Å². The molecule has 1 aromatic heterocycles. The summed E-state index contributed by atoms with van der Waals surface area (Å²) in [6.07, 6.45) is 0. The largest absolute Gasteiger partial charge is 0.422 e. The maximum atomic E-state index is 12.0. The molecule has 1 heterocycles. The van der Waals surface area contributed by atoms with Gasteiger partial charge in [0.15, 0.2) is 0 Å². The molecule has 0 radical (unpaired) electrons. The molecule has 7 heteroatoms. The van der Waals surface area contributed by atoms with E-state index in [1.807, 2.05) is 24.3 Å². The molecule has 29 heavy (non-hydrogen) atoms. The highest BCUT2D eigenvalue weighted by molar-refractivity contribution is 7.93. The molecule has 0 unspecified atom stereocenters. The van der Waals surface area contributed by atoms with Crippen LogP contribution in [0.1, 0.15) is 44.7 Å². The van der Waals surface area contributed by atoms with Gasteiger partial charge >= 0.3 is 5.63 Å². The van der Waals surface area contributed by atoms with Crippen molar-refractivity contribution in [2.45, 2.75) is 45.4 Å². The van der Waals surface area contributed by atoms with Crippen LogP contribution in [0.15, 0.2) is 57.7 Å². The first-order chi connectivity index (χ1) is 13.7. The van der Waals surface area contributed by atoms with Crippen LogP contribution in [-0.2, 0) is 16.6 Å². The highest BCUT2D eigenvalue weighted by atomic mass is 32.2. The minimum absolute atomic E-state index is 0.207. The van der Waals surface area contributed by atoms with Gasteiger partial charge in [-0.05, 0) is 55.7 Å². The smallest absolute Gasteiger partial charge is 0.336 e. The molecule has 0 spiro atoms. The lowest BCUT2D eigenvalue weighted by atomic mass is 9.99. The summed E-state index contributed by atoms with van der Waals surface area (Å²) >= 11 is 0. The van der Waals surface area contributed by atoms with Crippen LogP contribution in [0.4, 0.5) is 11.4 Å². The molecular formula is C22H26N2O4S. The summed E-state index contributed by atoms with van der Waals surface area (Å²) in [5.74, 6) is 0.207. The molecule has 0 aliphatic carbocycles. The average molecular weight is 415 g/mol. The molecule has 2 N–H and O–H groups in total. The Hall–Kier alpha value is -2.80. The summed E-state index contributed by atoms with van der Waals surface area (Å²) in [6, 6.07) is 14.4. The number of nitrogens with one attached hydrogen (secondary N) is 2. The standard InChI is InChI=1S/C22H26N2O4S/c1-14(2)20-12-19(11-17-7-10-21(25)28-22(17)20)23-13-16-5-8-18(9-6-16)24-29(26,27)15(3)4/h5-12,14-15,23-24H,13H2,1-4H3. The van der Waals surface area contributed by atoms with Gasteiger partial charge < -0.3 is 9.73 Å². The van der Waals surface area contributed by atoms with Crippen molar-refractivity contribution < 1.29 is 12.8 Å². The second-order valence-electron chi connectivity index (χ2n) is 7.64. The van der Waals surface area contributed by atoms with Crippen molar-refractivity contribution in [1.82, 2.24) is 0 Å². The van der Waals surface area contributed by atoms with Crippen LogP contribution in [0.3, 0.4) is 0 Å². The summed E-state index contributed by atoms with van der Waals surface area (Å²) in [4.78, 5) is 11.6. The third kappa shape index (κ3) is 4.98. The van der Waals surface area contributed by atoms with Gasteiger partial charge in [-0.15, -0.1) is 0 Å².